The van der Waals surface area contributed by atoms with Crippen LogP contribution in [0.15, 0.2) is 18.2 Å². The van der Waals surface area contributed by atoms with Gasteiger partial charge >= 0.3 is 0 Å². The number of carbonyl (C=O) groups is 1. The van der Waals surface area contributed by atoms with E-state index in [1.54, 1.807) is 25.1 Å². The van der Waals surface area contributed by atoms with E-state index in [9.17, 15) is 4.79 Å². The Hall–Kier alpha value is -1.71. The van der Waals surface area contributed by atoms with Gasteiger partial charge in [0, 0.05) is 32.4 Å². The first-order chi connectivity index (χ1) is 9.00. The van der Waals surface area contributed by atoms with Crippen LogP contribution < -0.4 is 10.6 Å². The highest BCUT2D eigenvalue weighted by molar-refractivity contribution is 6.00. The lowest BCUT2D eigenvalue weighted by Gasteiger charge is -2.36. The van der Waals surface area contributed by atoms with Crippen LogP contribution in [-0.4, -0.2) is 37.5 Å². The molecular weight excluding hydrogens is 238 g/mol. The molecule has 1 aromatic rings. The van der Waals surface area contributed by atoms with E-state index in [-0.39, 0.29) is 5.91 Å². The summed E-state index contributed by atoms with van der Waals surface area (Å²) in [7, 11) is 3.56. The van der Waals surface area contributed by atoms with Crippen LogP contribution in [0.1, 0.15) is 36.5 Å². The summed E-state index contributed by atoms with van der Waals surface area (Å²) in [5, 5.41) is 0. The van der Waals surface area contributed by atoms with Crippen LogP contribution in [0.25, 0.3) is 0 Å². The quantitative estimate of drug-likeness (QED) is 0.831. The van der Waals surface area contributed by atoms with E-state index in [0.717, 1.165) is 17.8 Å². The van der Waals surface area contributed by atoms with E-state index in [1.165, 1.54) is 19.3 Å². The maximum absolute atomic E-state index is 12.3. The molecule has 1 fully saturated rings. The Morgan fingerprint density at radius 2 is 2.11 bits per heavy atom. The summed E-state index contributed by atoms with van der Waals surface area (Å²) >= 11 is 0. The number of nitrogens with two attached hydrogens (primary N) is 1. The minimum absolute atomic E-state index is 0.0350. The first kappa shape index (κ1) is 13.7. The molecule has 19 heavy (non-hydrogen) atoms. The predicted molar refractivity (Wildman–Crippen MR) is 79.5 cm³/mol. The van der Waals surface area contributed by atoms with Gasteiger partial charge in [0.05, 0.1) is 11.3 Å². The molecule has 1 heterocycles. The standard InChI is InChI=1S/C15H23N3O/c1-11-6-4-5-9-18(11)14-10-12(16)7-8-13(14)15(19)17(2)3/h7-8,10-11H,4-6,9,16H2,1-3H3. The maximum atomic E-state index is 12.3. The molecule has 4 nitrogen and oxygen atoms in total. The summed E-state index contributed by atoms with van der Waals surface area (Å²) in [6, 6.07) is 6.03. The molecule has 0 saturated carbocycles. The fraction of sp³-hybridized carbons (Fsp3) is 0.533. The third-order valence-electron chi connectivity index (χ3n) is 3.77. The van der Waals surface area contributed by atoms with E-state index in [2.05, 4.69) is 11.8 Å². The summed E-state index contributed by atoms with van der Waals surface area (Å²) in [6.07, 6.45) is 3.61. The third kappa shape index (κ3) is 2.83. The SMILES string of the molecule is CC1CCCCN1c1cc(N)ccc1C(=O)N(C)C. The summed E-state index contributed by atoms with van der Waals surface area (Å²) in [5.41, 5.74) is 8.34. The molecule has 1 atom stereocenters. The number of nitrogens with zero attached hydrogens (tertiary/aromatic N) is 2. The lowest BCUT2D eigenvalue weighted by atomic mass is 10.0. The molecule has 1 unspecified atom stereocenters. The van der Waals surface area contributed by atoms with Crippen molar-refractivity contribution < 1.29 is 4.79 Å². The van der Waals surface area contributed by atoms with Crippen molar-refractivity contribution in [3.8, 4) is 0 Å². The molecule has 0 radical (unpaired) electrons. The van der Waals surface area contributed by atoms with E-state index in [4.69, 9.17) is 5.73 Å². The number of rotatable bonds is 2. The molecule has 1 amide bonds. The van der Waals surface area contributed by atoms with Gasteiger partial charge in [-0.3, -0.25) is 4.79 Å². The molecule has 2 rings (SSSR count). The highest BCUT2D eigenvalue weighted by Crippen LogP contribution is 2.30. The minimum Gasteiger partial charge on any atom is -0.399 e. The van der Waals surface area contributed by atoms with E-state index >= 15 is 0 Å². The van der Waals surface area contributed by atoms with Crippen LogP contribution in [0.5, 0.6) is 0 Å². The summed E-state index contributed by atoms with van der Waals surface area (Å²) < 4.78 is 0. The Labute approximate surface area is 115 Å². The zero-order valence-corrected chi connectivity index (χ0v) is 12.0. The van der Waals surface area contributed by atoms with Crippen LogP contribution in [0.2, 0.25) is 0 Å². The second-order valence-corrected chi connectivity index (χ2v) is 5.51. The third-order valence-corrected chi connectivity index (χ3v) is 3.77. The highest BCUT2D eigenvalue weighted by Gasteiger charge is 2.24. The van der Waals surface area contributed by atoms with Gasteiger partial charge in [-0.15, -0.1) is 0 Å². The molecule has 1 aromatic carbocycles. The second kappa shape index (κ2) is 5.51. The fourth-order valence-electron chi connectivity index (χ4n) is 2.66. The van der Waals surface area contributed by atoms with Gasteiger partial charge in [-0.2, -0.15) is 0 Å². The Kier molecular flexibility index (Phi) is 3.98. The van der Waals surface area contributed by atoms with Crippen LogP contribution in [0.3, 0.4) is 0 Å². The van der Waals surface area contributed by atoms with Crippen molar-refractivity contribution >= 4 is 17.3 Å². The molecule has 1 saturated heterocycles. The molecule has 104 valence electrons. The van der Waals surface area contributed by atoms with Gasteiger partial charge in [0.1, 0.15) is 0 Å². The maximum Gasteiger partial charge on any atom is 0.255 e. The number of anilines is 2. The van der Waals surface area contributed by atoms with Crippen LogP contribution >= 0.6 is 0 Å². The smallest absolute Gasteiger partial charge is 0.255 e. The van der Waals surface area contributed by atoms with Crippen LogP contribution in [-0.2, 0) is 0 Å². The van der Waals surface area contributed by atoms with Gasteiger partial charge in [0.25, 0.3) is 5.91 Å². The van der Waals surface area contributed by atoms with Crippen molar-refractivity contribution in [2.75, 3.05) is 31.3 Å². The Balaban J connectivity index is 2.42. The molecule has 4 heteroatoms. The average Bonchev–Trinajstić information content (AvgIpc) is 2.38. The predicted octanol–water partition coefficient (Wildman–Crippen LogP) is 2.35. The fourth-order valence-corrected chi connectivity index (χ4v) is 2.66. The van der Waals surface area contributed by atoms with Crippen molar-refractivity contribution in [1.29, 1.82) is 0 Å². The first-order valence-corrected chi connectivity index (χ1v) is 6.88. The Bertz CT molecular complexity index is 470. The van der Waals surface area contributed by atoms with Gasteiger partial charge in [-0.25, -0.2) is 0 Å². The van der Waals surface area contributed by atoms with Crippen molar-refractivity contribution in [3.63, 3.8) is 0 Å². The topological polar surface area (TPSA) is 49.6 Å². The average molecular weight is 261 g/mol. The van der Waals surface area contributed by atoms with Gasteiger partial charge in [-0.1, -0.05) is 0 Å². The number of benzene rings is 1. The van der Waals surface area contributed by atoms with E-state index in [0.29, 0.717) is 11.7 Å². The van der Waals surface area contributed by atoms with Crippen molar-refractivity contribution in [1.82, 2.24) is 4.90 Å². The molecule has 0 aromatic heterocycles. The highest BCUT2D eigenvalue weighted by atomic mass is 16.2. The Morgan fingerprint density at radius 3 is 2.74 bits per heavy atom. The zero-order chi connectivity index (χ0) is 14.0. The second-order valence-electron chi connectivity index (χ2n) is 5.51. The number of nitrogen functional groups attached to an aromatic ring is 1. The van der Waals surface area contributed by atoms with E-state index < -0.39 is 0 Å². The summed E-state index contributed by atoms with van der Waals surface area (Å²) in [6.45, 7) is 3.21. The molecule has 0 aliphatic carbocycles. The van der Waals surface area contributed by atoms with Crippen molar-refractivity contribution in [2.24, 2.45) is 0 Å². The Morgan fingerprint density at radius 1 is 1.37 bits per heavy atom. The lowest BCUT2D eigenvalue weighted by molar-refractivity contribution is 0.0828. The van der Waals surface area contributed by atoms with Crippen molar-refractivity contribution in [2.45, 2.75) is 32.2 Å². The van der Waals surface area contributed by atoms with Gasteiger partial charge in [-0.05, 0) is 44.4 Å². The number of carbonyl (C=O) groups excluding carboxylic acids is 1. The molecule has 2 N–H and O–H groups in total. The van der Waals surface area contributed by atoms with Crippen LogP contribution in [0.4, 0.5) is 11.4 Å². The van der Waals surface area contributed by atoms with Gasteiger partial charge < -0.3 is 15.5 Å². The molecule has 1 aliphatic rings. The number of piperidine rings is 1. The minimum atomic E-state index is 0.0350. The molecule has 0 spiro atoms. The lowest BCUT2D eigenvalue weighted by Crippen LogP contribution is -2.39. The summed E-state index contributed by atoms with van der Waals surface area (Å²) in [4.78, 5) is 16.2. The number of hydrogen-bond donors (Lipinski definition) is 1. The van der Waals surface area contributed by atoms with Gasteiger partial charge in [0.2, 0.25) is 0 Å². The van der Waals surface area contributed by atoms with Crippen LogP contribution in [0, 0.1) is 0 Å². The van der Waals surface area contributed by atoms with Crippen molar-refractivity contribution in [3.05, 3.63) is 23.8 Å². The van der Waals surface area contributed by atoms with E-state index in [1.807, 2.05) is 12.1 Å². The summed E-state index contributed by atoms with van der Waals surface area (Å²) in [5.74, 6) is 0.0350. The first-order valence-electron chi connectivity index (χ1n) is 6.88. The number of amides is 1. The van der Waals surface area contributed by atoms with Gasteiger partial charge in [0.15, 0.2) is 0 Å². The molecule has 1 aliphatic heterocycles. The molecular formula is C15H23N3O. The normalized spacial score (nSPS) is 19.3. The monoisotopic (exact) mass is 261 g/mol. The molecule has 0 bridgehead atoms. The largest absolute Gasteiger partial charge is 0.399 e. The zero-order valence-electron chi connectivity index (χ0n) is 12.0. The number of hydrogen-bond acceptors (Lipinski definition) is 3.